The Bertz CT molecular complexity index is 430. The van der Waals surface area contributed by atoms with Gasteiger partial charge < -0.3 is 11.1 Å². The highest BCUT2D eigenvalue weighted by molar-refractivity contribution is 7.80. The van der Waals surface area contributed by atoms with Gasteiger partial charge in [-0.05, 0) is 37.1 Å². The largest absolute Gasteiger partial charge is 0.389 e. The summed E-state index contributed by atoms with van der Waals surface area (Å²) in [5, 5.41) is 2.94. The molecule has 2 nitrogen and oxygen atoms in total. The van der Waals surface area contributed by atoms with Crippen molar-refractivity contribution >= 4 is 22.9 Å². The van der Waals surface area contributed by atoms with Crippen LogP contribution >= 0.6 is 12.2 Å². The van der Waals surface area contributed by atoms with Gasteiger partial charge in [-0.15, -0.1) is 0 Å². The summed E-state index contributed by atoms with van der Waals surface area (Å²) in [5.41, 5.74) is 7.98. The third-order valence-electron chi connectivity index (χ3n) is 2.46. The van der Waals surface area contributed by atoms with Gasteiger partial charge in [0.15, 0.2) is 0 Å². The van der Waals surface area contributed by atoms with Crippen molar-refractivity contribution in [1.82, 2.24) is 0 Å². The van der Waals surface area contributed by atoms with Crippen LogP contribution in [0.2, 0.25) is 0 Å². The molecule has 0 aliphatic heterocycles. The number of nitrogens with one attached hydrogen (secondary N) is 1. The molecule has 0 atom stereocenters. The van der Waals surface area contributed by atoms with E-state index in [1.807, 2.05) is 13.0 Å². The van der Waals surface area contributed by atoms with E-state index >= 15 is 0 Å². The predicted octanol–water partition coefficient (Wildman–Crippen LogP) is 3.38. The van der Waals surface area contributed by atoms with Crippen LogP contribution in [0.15, 0.2) is 18.2 Å². The third-order valence-corrected chi connectivity index (χ3v) is 2.68. The van der Waals surface area contributed by atoms with E-state index in [0.717, 1.165) is 16.8 Å². The van der Waals surface area contributed by atoms with Crippen molar-refractivity contribution < 1.29 is 13.2 Å². The summed E-state index contributed by atoms with van der Waals surface area (Å²) in [6.07, 6.45) is -4.81. The fourth-order valence-corrected chi connectivity index (χ4v) is 1.80. The maximum atomic E-state index is 11.9. The molecule has 100 valence electrons. The minimum Gasteiger partial charge on any atom is -0.389 e. The number of benzene rings is 1. The first kappa shape index (κ1) is 14.8. The van der Waals surface area contributed by atoms with Gasteiger partial charge >= 0.3 is 6.18 Å². The highest BCUT2D eigenvalue weighted by Gasteiger charge is 2.25. The molecule has 0 fully saturated rings. The average Bonchev–Trinajstić information content (AvgIpc) is 2.22. The lowest BCUT2D eigenvalue weighted by Crippen LogP contribution is -2.12. The number of halogens is 3. The molecule has 0 aliphatic rings. The second kappa shape index (κ2) is 6.04. The molecule has 1 aromatic carbocycles. The number of rotatable bonds is 5. The zero-order chi connectivity index (χ0) is 13.8. The molecule has 1 aromatic rings. The molecular weight excluding hydrogens is 261 g/mol. The molecule has 18 heavy (non-hydrogen) atoms. The molecule has 0 amide bonds. The zero-order valence-electron chi connectivity index (χ0n) is 9.97. The van der Waals surface area contributed by atoms with Crippen LogP contribution in [-0.4, -0.2) is 17.7 Å². The monoisotopic (exact) mass is 276 g/mol. The number of hydrogen-bond donors (Lipinski definition) is 2. The van der Waals surface area contributed by atoms with Crippen LogP contribution in [0.25, 0.3) is 0 Å². The molecule has 0 bridgehead atoms. The number of nitrogens with two attached hydrogens (primary N) is 1. The van der Waals surface area contributed by atoms with Gasteiger partial charge in [0.1, 0.15) is 4.99 Å². The van der Waals surface area contributed by atoms with E-state index in [1.54, 1.807) is 12.1 Å². The van der Waals surface area contributed by atoms with Crippen molar-refractivity contribution in [3.8, 4) is 0 Å². The van der Waals surface area contributed by atoms with Crippen molar-refractivity contribution in [2.75, 3.05) is 11.9 Å². The number of alkyl halides is 3. The summed E-state index contributed by atoms with van der Waals surface area (Å²) in [4.78, 5) is 0.316. The molecule has 0 saturated heterocycles. The SMILES string of the molecule is Cc1cc(NCCCC(F)(F)F)ccc1C(N)=S. The van der Waals surface area contributed by atoms with Crippen molar-refractivity contribution in [2.45, 2.75) is 25.9 Å². The van der Waals surface area contributed by atoms with Crippen molar-refractivity contribution in [3.63, 3.8) is 0 Å². The molecule has 0 saturated carbocycles. The minimum atomic E-state index is -4.09. The minimum absolute atomic E-state index is 0.0552. The smallest absolute Gasteiger partial charge is 0.389 e. The standard InChI is InChI=1S/C12H15F3N2S/c1-8-7-9(3-4-10(8)11(16)18)17-6-2-5-12(13,14)15/h3-4,7,17H,2,5-6H2,1H3,(H2,16,18). The lowest BCUT2D eigenvalue weighted by Gasteiger charge is -2.10. The summed E-state index contributed by atoms with van der Waals surface area (Å²) in [7, 11) is 0. The van der Waals surface area contributed by atoms with E-state index in [9.17, 15) is 13.2 Å². The molecular formula is C12H15F3N2S. The van der Waals surface area contributed by atoms with Crippen molar-refractivity contribution in [1.29, 1.82) is 0 Å². The van der Waals surface area contributed by atoms with Crippen LogP contribution in [0.5, 0.6) is 0 Å². The van der Waals surface area contributed by atoms with Gasteiger partial charge in [-0.1, -0.05) is 12.2 Å². The summed E-state index contributed by atoms with van der Waals surface area (Å²) < 4.78 is 35.8. The van der Waals surface area contributed by atoms with Gasteiger partial charge in [-0.3, -0.25) is 0 Å². The molecule has 0 aromatic heterocycles. The molecule has 3 N–H and O–H groups in total. The van der Waals surface area contributed by atoms with E-state index in [2.05, 4.69) is 5.32 Å². The summed E-state index contributed by atoms with van der Waals surface area (Å²) in [5.74, 6) is 0. The van der Waals surface area contributed by atoms with Crippen LogP contribution in [-0.2, 0) is 0 Å². The topological polar surface area (TPSA) is 38.0 Å². The molecule has 6 heteroatoms. The first-order valence-corrected chi connectivity index (χ1v) is 5.91. The van der Waals surface area contributed by atoms with Crippen LogP contribution in [0.3, 0.4) is 0 Å². The van der Waals surface area contributed by atoms with E-state index < -0.39 is 12.6 Å². The lowest BCUT2D eigenvalue weighted by molar-refractivity contribution is -0.134. The average molecular weight is 276 g/mol. The van der Waals surface area contributed by atoms with Gasteiger partial charge in [-0.2, -0.15) is 13.2 Å². The Kier molecular flexibility index (Phi) is 4.95. The Morgan fingerprint density at radius 1 is 1.39 bits per heavy atom. The second-order valence-corrected chi connectivity index (χ2v) is 4.48. The summed E-state index contributed by atoms with van der Waals surface area (Å²) in [6, 6.07) is 5.35. The maximum absolute atomic E-state index is 11.9. The van der Waals surface area contributed by atoms with Crippen LogP contribution < -0.4 is 11.1 Å². The number of hydrogen-bond acceptors (Lipinski definition) is 2. The van der Waals surface area contributed by atoms with Crippen molar-refractivity contribution in [3.05, 3.63) is 29.3 Å². The maximum Gasteiger partial charge on any atom is 0.389 e. The fourth-order valence-electron chi connectivity index (χ4n) is 1.57. The normalized spacial score (nSPS) is 11.3. The highest BCUT2D eigenvalue weighted by atomic mass is 32.1. The third kappa shape index (κ3) is 4.91. The van der Waals surface area contributed by atoms with Gasteiger partial charge in [0.25, 0.3) is 0 Å². The van der Waals surface area contributed by atoms with E-state index in [-0.39, 0.29) is 13.0 Å². The Morgan fingerprint density at radius 2 is 2.06 bits per heavy atom. The number of anilines is 1. The summed E-state index contributed by atoms with van der Waals surface area (Å²) in [6.45, 7) is 2.14. The van der Waals surface area contributed by atoms with E-state index in [0.29, 0.717) is 4.99 Å². The van der Waals surface area contributed by atoms with Gasteiger partial charge in [0, 0.05) is 24.2 Å². The first-order valence-electron chi connectivity index (χ1n) is 5.50. The Hall–Kier alpha value is -1.30. The molecule has 0 unspecified atom stereocenters. The fraction of sp³-hybridized carbons (Fsp3) is 0.417. The molecule has 0 radical (unpaired) electrons. The van der Waals surface area contributed by atoms with Gasteiger partial charge in [0.05, 0.1) is 0 Å². The lowest BCUT2D eigenvalue weighted by atomic mass is 10.1. The van der Waals surface area contributed by atoms with Gasteiger partial charge in [-0.25, -0.2) is 0 Å². The first-order chi connectivity index (χ1) is 8.29. The highest BCUT2D eigenvalue weighted by Crippen LogP contribution is 2.21. The van der Waals surface area contributed by atoms with Crippen LogP contribution in [0.1, 0.15) is 24.0 Å². The zero-order valence-corrected chi connectivity index (χ0v) is 10.8. The summed E-state index contributed by atoms with van der Waals surface area (Å²) >= 11 is 4.87. The van der Waals surface area contributed by atoms with Crippen molar-refractivity contribution in [2.24, 2.45) is 5.73 Å². The molecule has 0 aliphatic carbocycles. The van der Waals surface area contributed by atoms with Gasteiger partial charge in [0.2, 0.25) is 0 Å². The predicted molar refractivity (Wildman–Crippen MR) is 70.8 cm³/mol. The van der Waals surface area contributed by atoms with E-state index in [1.165, 1.54) is 0 Å². The number of thiocarbonyl (C=S) groups is 1. The Balaban J connectivity index is 2.49. The van der Waals surface area contributed by atoms with Crippen LogP contribution in [0, 0.1) is 6.92 Å². The Labute approximate surface area is 109 Å². The Morgan fingerprint density at radius 3 is 2.56 bits per heavy atom. The molecule has 1 rings (SSSR count). The number of aryl methyl sites for hydroxylation is 1. The van der Waals surface area contributed by atoms with E-state index in [4.69, 9.17) is 18.0 Å². The molecule has 0 spiro atoms. The second-order valence-electron chi connectivity index (χ2n) is 4.04. The molecule has 0 heterocycles. The van der Waals surface area contributed by atoms with Crippen LogP contribution in [0.4, 0.5) is 18.9 Å². The quantitative estimate of drug-likeness (QED) is 0.639.